The Hall–Kier alpha value is -1.55. The van der Waals surface area contributed by atoms with Crippen molar-refractivity contribution in [1.29, 1.82) is 0 Å². The highest BCUT2D eigenvalue weighted by Crippen LogP contribution is 2.44. The number of carbonyl (C=O) groups excluding carboxylic acids is 2. The summed E-state index contributed by atoms with van der Waals surface area (Å²) < 4.78 is 69.9. The molecule has 65 heavy (non-hydrogen) atoms. The van der Waals surface area contributed by atoms with Gasteiger partial charge in [-0.3, -0.25) is 9.59 Å². The van der Waals surface area contributed by atoms with Crippen LogP contribution in [0.5, 0.6) is 5.75 Å². The lowest BCUT2D eigenvalue weighted by molar-refractivity contribution is -0.313. The molecule has 1 unspecified atom stereocenters. The van der Waals surface area contributed by atoms with Gasteiger partial charge in [-0.15, -0.1) is 0 Å². The van der Waals surface area contributed by atoms with Gasteiger partial charge in [0.05, 0.1) is 32.0 Å². The summed E-state index contributed by atoms with van der Waals surface area (Å²) >= 11 is 0. The standard InChI is InChI=1S/C49H92O13Si3/c1-20-65(21-2,22-3)60-41(25-23-24-30-55-32-38-26-28-39(54-15)29-27-38)35(4)40(51)31-42(58-37(6)50)45(61-63(16,17)48(7,8)9)44-36(5)43(56-33-52-13)46(57-34-53-14)47(59-44)62-64(18,19)49(10,11)12/h26-29,35-36,41-47H,20-25,30-34H2,1-19H3/t35-,36-,41-,42?,43-,44-,45-,46+,47-/m1/s1. The van der Waals surface area contributed by atoms with Gasteiger partial charge in [-0.05, 0) is 91.4 Å². The van der Waals surface area contributed by atoms with Gasteiger partial charge in [-0.25, -0.2) is 0 Å². The zero-order chi connectivity index (χ0) is 49.4. The molecule has 0 spiro atoms. The van der Waals surface area contributed by atoms with Crippen LogP contribution in [0.3, 0.4) is 0 Å². The average Bonchev–Trinajstić information content (AvgIpc) is 3.23. The fourth-order valence-corrected chi connectivity index (χ4v) is 13.2. The summed E-state index contributed by atoms with van der Waals surface area (Å²) in [6.07, 6.45) is -2.86. The first-order chi connectivity index (χ1) is 30.3. The number of benzene rings is 1. The van der Waals surface area contributed by atoms with E-state index in [0.29, 0.717) is 19.6 Å². The highest BCUT2D eigenvalue weighted by molar-refractivity contribution is 6.74. The number of unbranched alkanes of at least 4 members (excludes halogenated alkanes) is 1. The summed E-state index contributed by atoms with van der Waals surface area (Å²) in [6.45, 7) is 34.7. The smallest absolute Gasteiger partial charge is 0.303 e. The van der Waals surface area contributed by atoms with Crippen molar-refractivity contribution in [1.82, 2.24) is 0 Å². The largest absolute Gasteiger partial charge is 0.497 e. The van der Waals surface area contributed by atoms with Crippen molar-refractivity contribution >= 4 is 36.7 Å². The van der Waals surface area contributed by atoms with E-state index >= 15 is 0 Å². The van der Waals surface area contributed by atoms with E-state index < -0.39 is 79.6 Å². The number of methoxy groups -OCH3 is 3. The minimum absolute atomic E-state index is 0.00716. The van der Waals surface area contributed by atoms with Crippen LogP contribution in [0.25, 0.3) is 0 Å². The van der Waals surface area contributed by atoms with Crippen LogP contribution in [-0.4, -0.2) is 121 Å². The van der Waals surface area contributed by atoms with E-state index in [1.54, 1.807) is 21.3 Å². The van der Waals surface area contributed by atoms with Crippen molar-refractivity contribution < 1.29 is 60.8 Å². The maximum absolute atomic E-state index is 15.0. The predicted octanol–water partition coefficient (Wildman–Crippen LogP) is 11.1. The Morgan fingerprint density at radius 2 is 1.32 bits per heavy atom. The van der Waals surface area contributed by atoms with Crippen LogP contribution >= 0.6 is 0 Å². The second-order valence-corrected chi connectivity index (χ2v) is 35.3. The molecule has 0 amide bonds. The Kier molecular flexibility index (Phi) is 24.7. The van der Waals surface area contributed by atoms with Crippen molar-refractivity contribution in [3.63, 3.8) is 0 Å². The van der Waals surface area contributed by atoms with Crippen LogP contribution in [0.1, 0.15) is 114 Å². The van der Waals surface area contributed by atoms with E-state index in [4.69, 9.17) is 51.2 Å². The molecule has 2 rings (SSSR count). The molecule has 0 N–H and O–H groups in total. The van der Waals surface area contributed by atoms with Crippen molar-refractivity contribution in [3.05, 3.63) is 29.8 Å². The molecule has 1 aliphatic rings. The molecule has 1 aromatic rings. The van der Waals surface area contributed by atoms with Gasteiger partial charge in [-0.1, -0.05) is 88.3 Å². The van der Waals surface area contributed by atoms with Crippen molar-refractivity contribution in [2.45, 2.75) is 213 Å². The highest BCUT2D eigenvalue weighted by atomic mass is 28.4. The van der Waals surface area contributed by atoms with Crippen LogP contribution in [0.4, 0.5) is 0 Å². The third-order valence-corrected chi connectivity index (χ3v) is 28.0. The van der Waals surface area contributed by atoms with Gasteiger partial charge in [0.25, 0.3) is 0 Å². The Morgan fingerprint density at radius 1 is 0.769 bits per heavy atom. The fraction of sp³-hybridized carbons (Fsp3) is 0.837. The maximum Gasteiger partial charge on any atom is 0.303 e. The summed E-state index contributed by atoms with van der Waals surface area (Å²) in [5.74, 6) is -0.644. The van der Waals surface area contributed by atoms with Gasteiger partial charge in [0.1, 0.15) is 43.4 Å². The topological polar surface area (TPSA) is 136 Å². The number of esters is 1. The molecule has 13 nitrogen and oxygen atoms in total. The van der Waals surface area contributed by atoms with Gasteiger partial charge < -0.3 is 51.2 Å². The van der Waals surface area contributed by atoms with Gasteiger partial charge in [0, 0.05) is 46.0 Å². The molecule has 0 aliphatic carbocycles. The predicted molar refractivity (Wildman–Crippen MR) is 265 cm³/mol. The number of Topliss-reactive ketones (excluding diaryl/α,β-unsaturated/α-hetero) is 1. The third kappa shape index (κ3) is 17.7. The zero-order valence-electron chi connectivity index (χ0n) is 44.1. The Bertz CT molecular complexity index is 1520. The van der Waals surface area contributed by atoms with Crippen LogP contribution in [0, 0.1) is 11.8 Å². The molecule has 16 heteroatoms. The number of ether oxygens (including phenoxy) is 8. The van der Waals surface area contributed by atoms with Gasteiger partial charge in [-0.2, -0.15) is 0 Å². The SMILES string of the molecule is CC[Si](CC)(CC)O[C@H](CCCCOCc1ccc(OC)cc1)[C@H](C)C(=O)CC(OC(C)=O)[C@@H](O[Si](C)(C)C(C)(C)C)[C@@H]1O[C@H](O[Si](C)(C)C(C)(C)C)[C@@H](OCOC)[C@H](OCOC)[C@H]1C. The van der Waals surface area contributed by atoms with Crippen LogP contribution < -0.4 is 4.74 Å². The first kappa shape index (κ1) is 59.6. The molecule has 1 aliphatic heterocycles. The van der Waals surface area contributed by atoms with Crippen LogP contribution in [-0.2, 0) is 62.6 Å². The molecule has 0 saturated carbocycles. The first-order valence-electron chi connectivity index (χ1n) is 24.1. The molecular weight excluding hydrogens is 881 g/mol. The number of rotatable bonds is 30. The monoisotopic (exact) mass is 973 g/mol. The molecule has 9 atom stereocenters. The first-order valence-corrected chi connectivity index (χ1v) is 32.4. The molecule has 1 saturated heterocycles. The molecule has 1 fully saturated rings. The third-order valence-electron chi connectivity index (χ3n) is 14.4. The minimum atomic E-state index is -2.65. The van der Waals surface area contributed by atoms with E-state index in [0.717, 1.165) is 42.3 Å². The Balaban J connectivity index is 2.62. The summed E-state index contributed by atoms with van der Waals surface area (Å²) in [5, 5.41) is -0.403. The summed E-state index contributed by atoms with van der Waals surface area (Å²) in [6, 6.07) is 10.8. The van der Waals surface area contributed by atoms with E-state index in [1.165, 1.54) is 6.92 Å². The van der Waals surface area contributed by atoms with Gasteiger partial charge >= 0.3 is 5.97 Å². The quantitative estimate of drug-likeness (QED) is 0.0313. The van der Waals surface area contributed by atoms with Crippen molar-refractivity contribution in [2.24, 2.45) is 11.8 Å². The summed E-state index contributed by atoms with van der Waals surface area (Å²) in [7, 11) is -2.49. The highest BCUT2D eigenvalue weighted by Gasteiger charge is 2.55. The van der Waals surface area contributed by atoms with Gasteiger partial charge in [0.15, 0.2) is 31.2 Å². The maximum atomic E-state index is 15.0. The Labute approximate surface area is 397 Å². The van der Waals surface area contributed by atoms with E-state index in [1.807, 2.05) is 38.1 Å². The van der Waals surface area contributed by atoms with E-state index in [9.17, 15) is 9.59 Å². The second-order valence-electron chi connectivity index (χ2n) is 21.0. The molecule has 1 heterocycles. The fourth-order valence-electron chi connectivity index (χ4n) is 7.74. The summed E-state index contributed by atoms with van der Waals surface area (Å²) in [5.41, 5.74) is 1.08. The van der Waals surface area contributed by atoms with E-state index in [-0.39, 0.29) is 42.0 Å². The number of ketones is 1. The molecule has 0 radical (unpaired) electrons. The average molecular weight is 974 g/mol. The van der Waals surface area contributed by atoms with Crippen LogP contribution in [0.15, 0.2) is 24.3 Å². The normalized spacial score (nSPS) is 22.0. The minimum Gasteiger partial charge on any atom is -0.497 e. The number of hydrogen-bond acceptors (Lipinski definition) is 13. The molecule has 0 bridgehead atoms. The molecule has 378 valence electrons. The van der Waals surface area contributed by atoms with Gasteiger partial charge in [0.2, 0.25) is 0 Å². The van der Waals surface area contributed by atoms with Crippen LogP contribution in [0.2, 0.25) is 54.4 Å². The second kappa shape index (κ2) is 27.0. The number of hydrogen-bond donors (Lipinski definition) is 0. The molecular formula is C49H92O13Si3. The number of carbonyl (C=O) groups is 2. The molecule has 1 aromatic carbocycles. The lowest BCUT2D eigenvalue weighted by Crippen LogP contribution is -2.65. The van der Waals surface area contributed by atoms with Crippen molar-refractivity contribution in [2.75, 3.05) is 41.5 Å². The van der Waals surface area contributed by atoms with E-state index in [2.05, 4.69) is 88.5 Å². The molecule has 0 aromatic heterocycles. The Morgan fingerprint density at radius 3 is 1.82 bits per heavy atom. The summed E-state index contributed by atoms with van der Waals surface area (Å²) in [4.78, 5) is 28.2. The zero-order valence-corrected chi connectivity index (χ0v) is 47.1. The lowest BCUT2D eigenvalue weighted by atomic mass is 9.84. The lowest BCUT2D eigenvalue weighted by Gasteiger charge is -2.52. The van der Waals surface area contributed by atoms with Crippen molar-refractivity contribution in [3.8, 4) is 5.75 Å².